The van der Waals surface area contributed by atoms with E-state index in [2.05, 4.69) is 6.07 Å². The van der Waals surface area contributed by atoms with Crippen molar-refractivity contribution in [3.8, 4) is 11.8 Å². The molecule has 1 aliphatic rings. The quantitative estimate of drug-likeness (QED) is 0.753. The van der Waals surface area contributed by atoms with Crippen molar-refractivity contribution in [2.24, 2.45) is 0 Å². The fourth-order valence-electron chi connectivity index (χ4n) is 3.36. The van der Waals surface area contributed by atoms with Gasteiger partial charge in [0.25, 0.3) is 5.91 Å². The Kier molecular flexibility index (Phi) is 5.38. The highest BCUT2D eigenvalue weighted by Gasteiger charge is 2.40. The van der Waals surface area contributed by atoms with Gasteiger partial charge in [-0.05, 0) is 62.6 Å². The van der Waals surface area contributed by atoms with Crippen LogP contribution in [0.2, 0.25) is 5.02 Å². The molecule has 6 heteroatoms. The summed E-state index contributed by atoms with van der Waals surface area (Å²) in [7, 11) is 0. The van der Waals surface area contributed by atoms with E-state index in [1.807, 2.05) is 12.1 Å². The van der Waals surface area contributed by atoms with Crippen molar-refractivity contribution in [3.63, 3.8) is 0 Å². The first kappa shape index (κ1) is 19.2. The van der Waals surface area contributed by atoms with Crippen molar-refractivity contribution >= 4 is 17.5 Å². The Bertz CT molecular complexity index is 890. The SMILES string of the molecule is CC(C)(Oc1ccc(Cl)cc1F)C(=O)N1CCCC1c1ccc(C#N)cc1. The topological polar surface area (TPSA) is 53.3 Å². The molecule has 1 amide bonds. The van der Waals surface area contributed by atoms with Crippen LogP contribution in [0.1, 0.15) is 43.9 Å². The largest absolute Gasteiger partial charge is 0.475 e. The molecule has 2 aromatic carbocycles. The average molecular weight is 387 g/mol. The van der Waals surface area contributed by atoms with Crippen LogP contribution in [0.4, 0.5) is 4.39 Å². The smallest absolute Gasteiger partial charge is 0.266 e. The van der Waals surface area contributed by atoms with E-state index in [1.165, 1.54) is 12.1 Å². The van der Waals surface area contributed by atoms with Gasteiger partial charge in [0.2, 0.25) is 0 Å². The van der Waals surface area contributed by atoms with Gasteiger partial charge in [-0.2, -0.15) is 5.26 Å². The lowest BCUT2D eigenvalue weighted by molar-refractivity contribution is -0.146. The van der Waals surface area contributed by atoms with Crippen LogP contribution in [0.5, 0.6) is 5.75 Å². The van der Waals surface area contributed by atoms with Crippen molar-refractivity contribution in [2.45, 2.75) is 38.3 Å². The normalized spacial score (nSPS) is 16.9. The highest BCUT2D eigenvalue weighted by molar-refractivity contribution is 6.30. The maximum Gasteiger partial charge on any atom is 0.266 e. The minimum absolute atomic E-state index is 0.00753. The Morgan fingerprint density at radius 1 is 1.30 bits per heavy atom. The van der Waals surface area contributed by atoms with Crippen molar-refractivity contribution in [2.75, 3.05) is 6.54 Å². The Morgan fingerprint density at radius 3 is 2.63 bits per heavy atom. The molecule has 1 fully saturated rings. The van der Waals surface area contributed by atoms with Gasteiger partial charge < -0.3 is 9.64 Å². The van der Waals surface area contributed by atoms with Crippen LogP contribution in [0.3, 0.4) is 0 Å². The Hall–Kier alpha value is -2.58. The van der Waals surface area contributed by atoms with Crippen LogP contribution < -0.4 is 4.74 Å². The lowest BCUT2D eigenvalue weighted by atomic mass is 10.0. The van der Waals surface area contributed by atoms with Gasteiger partial charge in [0.1, 0.15) is 0 Å². The average Bonchev–Trinajstić information content (AvgIpc) is 3.13. The van der Waals surface area contributed by atoms with E-state index in [4.69, 9.17) is 21.6 Å². The fraction of sp³-hybridized carbons (Fsp3) is 0.333. The van der Waals surface area contributed by atoms with E-state index >= 15 is 0 Å². The molecule has 140 valence electrons. The lowest BCUT2D eigenvalue weighted by Crippen LogP contribution is -2.48. The number of amides is 1. The standard InChI is InChI=1S/C21H20ClFN2O2/c1-21(2,27-19-10-9-16(22)12-17(19)23)20(26)25-11-3-4-18(25)15-7-5-14(13-24)6-8-15/h5-10,12,18H,3-4,11H2,1-2H3. The van der Waals surface area contributed by atoms with Gasteiger partial charge in [-0.15, -0.1) is 0 Å². The molecule has 27 heavy (non-hydrogen) atoms. The number of carbonyl (C=O) groups excluding carboxylic acids is 1. The zero-order valence-electron chi connectivity index (χ0n) is 15.2. The fourth-order valence-corrected chi connectivity index (χ4v) is 3.52. The van der Waals surface area contributed by atoms with Gasteiger partial charge in [-0.3, -0.25) is 4.79 Å². The van der Waals surface area contributed by atoms with Gasteiger partial charge in [0, 0.05) is 11.6 Å². The molecule has 4 nitrogen and oxygen atoms in total. The minimum atomic E-state index is -1.23. The van der Waals surface area contributed by atoms with E-state index < -0.39 is 11.4 Å². The summed E-state index contributed by atoms with van der Waals surface area (Å²) in [5, 5.41) is 9.22. The zero-order chi connectivity index (χ0) is 19.6. The molecule has 1 saturated heterocycles. The predicted octanol–water partition coefficient (Wildman–Crippen LogP) is 4.87. The second-order valence-electron chi connectivity index (χ2n) is 7.08. The Labute approximate surface area is 163 Å². The molecule has 0 bridgehead atoms. The number of rotatable bonds is 4. The summed E-state index contributed by atoms with van der Waals surface area (Å²) < 4.78 is 19.8. The number of hydrogen-bond donors (Lipinski definition) is 0. The molecule has 3 rings (SSSR count). The van der Waals surface area contributed by atoms with E-state index in [-0.39, 0.29) is 22.7 Å². The molecule has 1 heterocycles. The number of benzene rings is 2. The van der Waals surface area contributed by atoms with E-state index in [0.717, 1.165) is 24.5 Å². The van der Waals surface area contributed by atoms with Gasteiger partial charge in [0.05, 0.1) is 17.7 Å². The first-order valence-corrected chi connectivity index (χ1v) is 9.15. The predicted molar refractivity (Wildman–Crippen MR) is 101 cm³/mol. The summed E-state index contributed by atoms with van der Waals surface area (Å²) in [4.78, 5) is 14.9. The van der Waals surface area contributed by atoms with Crippen LogP contribution in [-0.4, -0.2) is 23.0 Å². The number of nitrogens with zero attached hydrogens (tertiary/aromatic N) is 2. The number of carbonyl (C=O) groups is 1. The summed E-state index contributed by atoms with van der Waals surface area (Å²) >= 11 is 5.77. The highest BCUT2D eigenvalue weighted by atomic mass is 35.5. The van der Waals surface area contributed by atoms with Crippen LogP contribution in [0.25, 0.3) is 0 Å². The van der Waals surface area contributed by atoms with Gasteiger partial charge in [-0.1, -0.05) is 23.7 Å². The Balaban J connectivity index is 1.80. The monoisotopic (exact) mass is 386 g/mol. The van der Waals surface area contributed by atoms with Crippen molar-refractivity contribution in [1.29, 1.82) is 5.26 Å². The van der Waals surface area contributed by atoms with Gasteiger partial charge in [0.15, 0.2) is 17.2 Å². The second-order valence-corrected chi connectivity index (χ2v) is 7.51. The molecule has 2 aromatic rings. The minimum Gasteiger partial charge on any atom is -0.475 e. The summed E-state index contributed by atoms with van der Waals surface area (Å²) in [5.74, 6) is -0.816. The molecule has 0 aliphatic carbocycles. The van der Waals surface area contributed by atoms with E-state index in [1.54, 1.807) is 30.9 Å². The molecule has 0 radical (unpaired) electrons. The van der Waals surface area contributed by atoms with Crippen LogP contribution in [0, 0.1) is 17.1 Å². The molecule has 0 aromatic heterocycles. The van der Waals surface area contributed by atoms with Crippen molar-refractivity contribution in [3.05, 3.63) is 64.4 Å². The summed E-state index contributed by atoms with van der Waals surface area (Å²) in [6.07, 6.45) is 1.71. The number of ether oxygens (including phenoxy) is 1. The third kappa shape index (κ3) is 4.06. The number of likely N-dealkylation sites (tertiary alicyclic amines) is 1. The Morgan fingerprint density at radius 2 is 2.00 bits per heavy atom. The van der Waals surface area contributed by atoms with Crippen molar-refractivity contribution < 1.29 is 13.9 Å². The van der Waals surface area contributed by atoms with Crippen LogP contribution >= 0.6 is 11.6 Å². The number of hydrogen-bond acceptors (Lipinski definition) is 3. The second kappa shape index (κ2) is 7.58. The molecule has 1 aliphatic heterocycles. The molecule has 1 unspecified atom stereocenters. The number of halogens is 2. The van der Waals surface area contributed by atoms with E-state index in [0.29, 0.717) is 12.1 Å². The maximum absolute atomic E-state index is 14.1. The molecular weight excluding hydrogens is 367 g/mol. The molecule has 0 spiro atoms. The molecule has 0 saturated carbocycles. The first-order chi connectivity index (χ1) is 12.8. The third-order valence-electron chi connectivity index (χ3n) is 4.71. The van der Waals surface area contributed by atoms with Crippen molar-refractivity contribution in [1.82, 2.24) is 4.90 Å². The summed E-state index contributed by atoms with van der Waals surface area (Å²) in [6.45, 7) is 3.88. The summed E-state index contributed by atoms with van der Waals surface area (Å²) in [6, 6.07) is 13.4. The lowest BCUT2D eigenvalue weighted by Gasteiger charge is -2.33. The third-order valence-corrected chi connectivity index (χ3v) is 4.95. The summed E-state index contributed by atoms with van der Waals surface area (Å²) in [5.41, 5.74) is 0.328. The van der Waals surface area contributed by atoms with Gasteiger partial charge in [-0.25, -0.2) is 4.39 Å². The number of nitriles is 1. The van der Waals surface area contributed by atoms with Crippen LogP contribution in [-0.2, 0) is 4.79 Å². The maximum atomic E-state index is 14.1. The zero-order valence-corrected chi connectivity index (χ0v) is 16.0. The van der Waals surface area contributed by atoms with Crippen LogP contribution in [0.15, 0.2) is 42.5 Å². The molecule has 1 atom stereocenters. The molecule has 0 N–H and O–H groups in total. The highest BCUT2D eigenvalue weighted by Crippen LogP contribution is 2.35. The first-order valence-electron chi connectivity index (χ1n) is 8.77. The molecular formula is C21H20ClFN2O2. The van der Waals surface area contributed by atoms with Gasteiger partial charge >= 0.3 is 0 Å². The van der Waals surface area contributed by atoms with E-state index in [9.17, 15) is 9.18 Å².